The Labute approximate surface area is 96.8 Å². The van der Waals surface area contributed by atoms with Gasteiger partial charge in [-0.15, -0.1) is 0 Å². The van der Waals surface area contributed by atoms with Crippen molar-refractivity contribution in [1.82, 2.24) is 9.78 Å². The highest BCUT2D eigenvalue weighted by Gasteiger charge is 1.95. The van der Waals surface area contributed by atoms with Crippen LogP contribution in [0.2, 0.25) is 0 Å². The van der Waals surface area contributed by atoms with Gasteiger partial charge in [-0.2, -0.15) is 5.10 Å². The van der Waals surface area contributed by atoms with E-state index in [-0.39, 0.29) is 0 Å². The minimum atomic E-state index is 0.623. The van der Waals surface area contributed by atoms with E-state index in [2.05, 4.69) is 21.0 Å². The molecule has 1 aromatic heterocycles. The molecule has 78 valence electrons. The molecule has 2 aromatic rings. The van der Waals surface area contributed by atoms with Crippen molar-refractivity contribution in [2.75, 3.05) is 6.61 Å². The van der Waals surface area contributed by atoms with Gasteiger partial charge < -0.3 is 4.74 Å². The second kappa shape index (κ2) is 4.98. The van der Waals surface area contributed by atoms with Crippen molar-refractivity contribution in [2.45, 2.75) is 6.54 Å². The molecule has 0 atom stereocenters. The van der Waals surface area contributed by atoms with Gasteiger partial charge in [0, 0.05) is 6.20 Å². The molecule has 0 spiro atoms. The molecule has 0 aliphatic carbocycles. The van der Waals surface area contributed by atoms with Gasteiger partial charge in [-0.1, -0.05) is 18.2 Å². The van der Waals surface area contributed by atoms with Crippen LogP contribution >= 0.6 is 15.9 Å². The van der Waals surface area contributed by atoms with Crippen LogP contribution < -0.4 is 4.74 Å². The van der Waals surface area contributed by atoms with Crippen LogP contribution in [0.25, 0.3) is 0 Å². The number of para-hydroxylation sites is 1. The van der Waals surface area contributed by atoms with Gasteiger partial charge >= 0.3 is 0 Å². The summed E-state index contributed by atoms with van der Waals surface area (Å²) in [4.78, 5) is 0. The lowest BCUT2D eigenvalue weighted by molar-refractivity contribution is 0.291. The highest BCUT2D eigenvalue weighted by molar-refractivity contribution is 9.10. The fourth-order valence-electron chi connectivity index (χ4n) is 1.23. The SMILES string of the molecule is Brc1cnn(CCOc2ccccc2)c1. The summed E-state index contributed by atoms with van der Waals surface area (Å²) in [6, 6.07) is 9.77. The summed E-state index contributed by atoms with van der Waals surface area (Å²) in [5.41, 5.74) is 0. The van der Waals surface area contributed by atoms with Crippen LogP contribution in [-0.2, 0) is 6.54 Å². The third-order valence-corrected chi connectivity index (χ3v) is 2.34. The third-order valence-electron chi connectivity index (χ3n) is 1.93. The fraction of sp³-hybridized carbons (Fsp3) is 0.182. The molecule has 0 aliphatic rings. The van der Waals surface area contributed by atoms with Gasteiger partial charge in [-0.25, -0.2) is 0 Å². The van der Waals surface area contributed by atoms with Gasteiger partial charge in [0.25, 0.3) is 0 Å². The van der Waals surface area contributed by atoms with Crippen LogP contribution in [0.3, 0.4) is 0 Å². The van der Waals surface area contributed by atoms with Gasteiger partial charge in [0.1, 0.15) is 12.4 Å². The molecule has 1 heterocycles. The Morgan fingerprint density at radius 3 is 2.73 bits per heavy atom. The highest BCUT2D eigenvalue weighted by atomic mass is 79.9. The molecule has 2 rings (SSSR count). The molecule has 0 bridgehead atoms. The molecule has 4 heteroatoms. The quantitative estimate of drug-likeness (QED) is 0.851. The standard InChI is InChI=1S/C11H11BrN2O/c12-10-8-13-14(9-10)6-7-15-11-4-2-1-3-5-11/h1-5,8-9H,6-7H2. The normalized spacial score (nSPS) is 10.2. The van der Waals surface area contributed by atoms with Gasteiger partial charge in [0.15, 0.2) is 0 Å². The molecule has 3 nitrogen and oxygen atoms in total. The zero-order valence-electron chi connectivity index (χ0n) is 8.14. The third kappa shape index (κ3) is 3.09. The van der Waals surface area contributed by atoms with Crippen molar-refractivity contribution in [3.05, 3.63) is 47.2 Å². The maximum atomic E-state index is 5.54. The van der Waals surface area contributed by atoms with Crippen molar-refractivity contribution in [3.8, 4) is 5.75 Å². The van der Waals surface area contributed by atoms with E-state index in [1.165, 1.54) is 0 Å². The Kier molecular flexibility index (Phi) is 3.40. The molecule has 0 fully saturated rings. The summed E-state index contributed by atoms with van der Waals surface area (Å²) in [6.45, 7) is 1.37. The monoisotopic (exact) mass is 266 g/mol. The first-order valence-electron chi connectivity index (χ1n) is 4.70. The molecule has 0 aliphatic heterocycles. The number of ether oxygens (including phenoxy) is 1. The average molecular weight is 267 g/mol. The summed E-state index contributed by atoms with van der Waals surface area (Å²) >= 11 is 3.34. The second-order valence-electron chi connectivity index (χ2n) is 3.08. The summed E-state index contributed by atoms with van der Waals surface area (Å²) in [5.74, 6) is 0.892. The predicted molar refractivity (Wildman–Crippen MR) is 61.9 cm³/mol. The van der Waals surface area contributed by atoms with Crippen molar-refractivity contribution in [2.24, 2.45) is 0 Å². The molecular formula is C11H11BrN2O. The number of hydrogen-bond acceptors (Lipinski definition) is 2. The maximum Gasteiger partial charge on any atom is 0.119 e. The summed E-state index contributed by atoms with van der Waals surface area (Å²) < 4.78 is 8.37. The molecule has 15 heavy (non-hydrogen) atoms. The van der Waals surface area contributed by atoms with Crippen LogP contribution in [0.15, 0.2) is 47.2 Å². The van der Waals surface area contributed by atoms with Crippen molar-refractivity contribution >= 4 is 15.9 Å². The average Bonchev–Trinajstić information content (AvgIpc) is 2.66. The van der Waals surface area contributed by atoms with E-state index in [1.54, 1.807) is 6.20 Å². The van der Waals surface area contributed by atoms with E-state index < -0.39 is 0 Å². The Bertz CT molecular complexity index is 414. The van der Waals surface area contributed by atoms with Crippen LogP contribution in [0.5, 0.6) is 5.75 Å². The first-order valence-corrected chi connectivity index (χ1v) is 5.50. The fourth-order valence-corrected chi connectivity index (χ4v) is 1.56. The first-order chi connectivity index (χ1) is 7.34. The van der Waals surface area contributed by atoms with Gasteiger partial charge in [-0.3, -0.25) is 4.68 Å². The Morgan fingerprint density at radius 1 is 1.27 bits per heavy atom. The minimum absolute atomic E-state index is 0.623. The number of aromatic nitrogens is 2. The molecule has 0 saturated carbocycles. The van der Waals surface area contributed by atoms with Crippen LogP contribution in [0, 0.1) is 0 Å². The van der Waals surface area contributed by atoms with E-state index in [9.17, 15) is 0 Å². The lowest BCUT2D eigenvalue weighted by atomic mass is 10.3. The lowest BCUT2D eigenvalue weighted by Gasteiger charge is -2.05. The molecule has 0 amide bonds. The van der Waals surface area contributed by atoms with E-state index in [0.29, 0.717) is 6.61 Å². The molecule has 0 N–H and O–H groups in total. The summed E-state index contributed by atoms with van der Waals surface area (Å²) in [7, 11) is 0. The lowest BCUT2D eigenvalue weighted by Crippen LogP contribution is -2.08. The van der Waals surface area contributed by atoms with Gasteiger partial charge in [-0.05, 0) is 28.1 Å². The number of halogens is 1. The Morgan fingerprint density at radius 2 is 2.07 bits per heavy atom. The topological polar surface area (TPSA) is 27.1 Å². The van der Waals surface area contributed by atoms with Crippen molar-refractivity contribution in [1.29, 1.82) is 0 Å². The van der Waals surface area contributed by atoms with E-state index in [0.717, 1.165) is 16.8 Å². The Balaban J connectivity index is 1.80. The number of rotatable bonds is 4. The minimum Gasteiger partial charge on any atom is -0.492 e. The van der Waals surface area contributed by atoms with Crippen molar-refractivity contribution in [3.63, 3.8) is 0 Å². The van der Waals surface area contributed by atoms with E-state index >= 15 is 0 Å². The molecular weight excluding hydrogens is 256 g/mol. The van der Waals surface area contributed by atoms with E-state index in [1.807, 2.05) is 41.2 Å². The Hall–Kier alpha value is -1.29. The van der Waals surface area contributed by atoms with Crippen molar-refractivity contribution < 1.29 is 4.74 Å². The van der Waals surface area contributed by atoms with Crippen LogP contribution in [0.4, 0.5) is 0 Å². The van der Waals surface area contributed by atoms with Gasteiger partial charge in [0.05, 0.1) is 17.2 Å². The van der Waals surface area contributed by atoms with Crippen LogP contribution in [-0.4, -0.2) is 16.4 Å². The summed E-state index contributed by atoms with van der Waals surface area (Å²) in [5, 5.41) is 4.14. The van der Waals surface area contributed by atoms with Gasteiger partial charge in [0.2, 0.25) is 0 Å². The smallest absolute Gasteiger partial charge is 0.119 e. The van der Waals surface area contributed by atoms with Crippen LogP contribution in [0.1, 0.15) is 0 Å². The maximum absolute atomic E-state index is 5.54. The second-order valence-corrected chi connectivity index (χ2v) is 4.00. The molecule has 0 radical (unpaired) electrons. The molecule has 0 unspecified atom stereocenters. The predicted octanol–water partition coefficient (Wildman–Crippen LogP) is 2.72. The zero-order valence-corrected chi connectivity index (χ0v) is 9.72. The molecule has 0 saturated heterocycles. The number of hydrogen-bond donors (Lipinski definition) is 0. The largest absolute Gasteiger partial charge is 0.492 e. The molecule has 1 aromatic carbocycles. The first kappa shape index (κ1) is 10.2. The highest BCUT2D eigenvalue weighted by Crippen LogP contribution is 2.09. The summed E-state index contributed by atoms with van der Waals surface area (Å²) in [6.07, 6.45) is 3.69. The van der Waals surface area contributed by atoms with E-state index in [4.69, 9.17) is 4.74 Å². The number of nitrogens with zero attached hydrogens (tertiary/aromatic N) is 2. The number of benzene rings is 1. The zero-order chi connectivity index (χ0) is 10.5.